The first kappa shape index (κ1) is 19.4. The molecule has 3 rings (SSSR count). The second kappa shape index (κ2) is 8.13. The molecule has 11 heteroatoms. The first-order valence-corrected chi connectivity index (χ1v) is 8.93. The second-order valence-corrected chi connectivity index (χ2v) is 6.89. The van der Waals surface area contributed by atoms with Gasteiger partial charge < -0.3 is 0 Å². The molecule has 2 aromatic heterocycles. The number of hydrogen-bond donors (Lipinski definition) is 1. The molecule has 1 N–H and O–H groups in total. The maximum absolute atomic E-state index is 12.3. The fraction of sp³-hybridized carbons (Fsp3) is 0.176. The number of benzene rings is 1. The van der Waals surface area contributed by atoms with E-state index >= 15 is 0 Å². The smallest absolute Gasteiger partial charge is 0.267 e. The summed E-state index contributed by atoms with van der Waals surface area (Å²) < 4.78 is 3.87. The van der Waals surface area contributed by atoms with E-state index < -0.39 is 10.8 Å². The Morgan fingerprint density at radius 2 is 2.07 bits per heavy atom. The number of hydrogen-bond acceptors (Lipinski definition) is 6. The Morgan fingerprint density at radius 3 is 2.68 bits per heavy atom. The van der Waals surface area contributed by atoms with Gasteiger partial charge in [0.2, 0.25) is 5.69 Å². The third-order valence-corrected chi connectivity index (χ3v) is 4.34. The molecule has 1 amide bonds. The number of nitrogens with one attached hydrogen (secondary N) is 1. The number of carbonyl (C=O) groups excluding carboxylic acids is 1. The molecule has 0 bridgehead atoms. The number of nitrogens with zero attached hydrogens (tertiary/aromatic N) is 6. The van der Waals surface area contributed by atoms with Crippen LogP contribution in [0.3, 0.4) is 0 Å². The van der Waals surface area contributed by atoms with Crippen LogP contribution in [0.4, 0.5) is 5.69 Å². The van der Waals surface area contributed by atoms with Crippen LogP contribution < -0.4 is 5.43 Å². The molecule has 1 aromatic carbocycles. The van der Waals surface area contributed by atoms with Crippen LogP contribution in [0.1, 0.15) is 27.4 Å². The van der Waals surface area contributed by atoms with Crippen molar-refractivity contribution in [3.63, 3.8) is 0 Å². The van der Waals surface area contributed by atoms with Gasteiger partial charge in [0.15, 0.2) is 0 Å². The Hall–Kier alpha value is -3.34. The SMILES string of the molecule is Cc1cc(C=NNC(=O)c2nn(Cc3ccc(Br)cc3)cc2[N+](=O)[O-])n(C)n1. The highest BCUT2D eigenvalue weighted by atomic mass is 79.9. The van der Waals surface area contributed by atoms with Crippen LogP contribution >= 0.6 is 15.9 Å². The third kappa shape index (κ3) is 4.49. The number of hydrazone groups is 1. The number of aromatic nitrogens is 4. The first-order chi connectivity index (χ1) is 13.3. The maximum Gasteiger partial charge on any atom is 0.320 e. The Bertz CT molecular complexity index is 1050. The maximum atomic E-state index is 12.3. The van der Waals surface area contributed by atoms with Crippen molar-refractivity contribution in [3.05, 3.63) is 73.8 Å². The highest BCUT2D eigenvalue weighted by Crippen LogP contribution is 2.18. The average molecular weight is 446 g/mol. The van der Waals surface area contributed by atoms with E-state index in [4.69, 9.17) is 0 Å². The molecule has 144 valence electrons. The van der Waals surface area contributed by atoms with E-state index in [1.54, 1.807) is 17.8 Å². The number of halogens is 1. The van der Waals surface area contributed by atoms with E-state index in [-0.39, 0.29) is 11.4 Å². The summed E-state index contributed by atoms with van der Waals surface area (Å²) in [6.07, 6.45) is 2.63. The quantitative estimate of drug-likeness (QED) is 0.354. The summed E-state index contributed by atoms with van der Waals surface area (Å²) >= 11 is 3.35. The van der Waals surface area contributed by atoms with Crippen LogP contribution in [0.2, 0.25) is 0 Å². The van der Waals surface area contributed by atoms with E-state index in [1.165, 1.54) is 17.1 Å². The average Bonchev–Trinajstić information content (AvgIpc) is 3.20. The summed E-state index contributed by atoms with van der Waals surface area (Å²) in [6, 6.07) is 9.21. The monoisotopic (exact) mass is 445 g/mol. The predicted octanol–water partition coefficient (Wildman–Crippen LogP) is 2.41. The molecule has 10 nitrogen and oxygen atoms in total. The van der Waals surface area contributed by atoms with E-state index in [1.807, 2.05) is 31.2 Å². The lowest BCUT2D eigenvalue weighted by Gasteiger charge is -2.01. The lowest BCUT2D eigenvalue weighted by Crippen LogP contribution is -2.20. The second-order valence-electron chi connectivity index (χ2n) is 5.98. The molecule has 3 aromatic rings. The van der Waals surface area contributed by atoms with Gasteiger partial charge in [-0.3, -0.25) is 24.3 Å². The first-order valence-electron chi connectivity index (χ1n) is 8.14. The van der Waals surface area contributed by atoms with Crippen molar-refractivity contribution in [2.75, 3.05) is 0 Å². The van der Waals surface area contributed by atoms with Crippen LogP contribution in [0.25, 0.3) is 0 Å². The Morgan fingerprint density at radius 1 is 1.36 bits per heavy atom. The van der Waals surface area contributed by atoms with E-state index in [0.717, 1.165) is 15.7 Å². The van der Waals surface area contributed by atoms with Gasteiger partial charge in [-0.1, -0.05) is 28.1 Å². The topological polar surface area (TPSA) is 120 Å². The molecular formula is C17H16BrN7O3. The molecule has 0 unspecified atom stereocenters. The molecule has 0 aliphatic heterocycles. The van der Waals surface area contributed by atoms with Crippen molar-refractivity contribution in [1.82, 2.24) is 25.0 Å². The van der Waals surface area contributed by atoms with Crippen molar-refractivity contribution in [1.29, 1.82) is 0 Å². The van der Waals surface area contributed by atoms with Crippen LogP contribution in [0, 0.1) is 17.0 Å². The molecule has 28 heavy (non-hydrogen) atoms. The van der Waals surface area contributed by atoms with Crippen molar-refractivity contribution < 1.29 is 9.72 Å². The molecule has 0 fully saturated rings. The Kier molecular flexibility index (Phi) is 5.64. The summed E-state index contributed by atoms with van der Waals surface area (Å²) in [5.41, 5.74) is 3.94. The van der Waals surface area contributed by atoms with Crippen LogP contribution in [0.15, 0.2) is 46.1 Å². The third-order valence-electron chi connectivity index (χ3n) is 3.81. The molecular weight excluding hydrogens is 430 g/mol. The minimum absolute atomic E-state index is 0.291. The zero-order valence-electron chi connectivity index (χ0n) is 15.0. The summed E-state index contributed by atoms with van der Waals surface area (Å²) in [6.45, 7) is 2.12. The van der Waals surface area contributed by atoms with Crippen molar-refractivity contribution in [2.45, 2.75) is 13.5 Å². The molecule has 0 spiro atoms. The standard InChI is InChI=1S/C17H16BrN7O3/c1-11-7-14(23(2)21-11)8-19-20-17(26)16-15(25(27)28)10-24(22-16)9-12-3-5-13(18)6-4-12/h3-8,10H,9H2,1-2H3,(H,20,26). The molecule has 0 aliphatic carbocycles. The molecule has 0 aliphatic rings. The predicted molar refractivity (Wildman–Crippen MR) is 105 cm³/mol. The molecule has 0 atom stereocenters. The summed E-state index contributed by atoms with van der Waals surface area (Å²) in [7, 11) is 1.74. The summed E-state index contributed by atoms with van der Waals surface area (Å²) in [4.78, 5) is 23.0. The van der Waals surface area contributed by atoms with Gasteiger partial charge in [0.25, 0.3) is 5.91 Å². The van der Waals surface area contributed by atoms with Gasteiger partial charge in [-0.2, -0.15) is 15.3 Å². The summed E-state index contributed by atoms with van der Waals surface area (Å²) in [5, 5.41) is 23.3. The highest BCUT2D eigenvalue weighted by Gasteiger charge is 2.25. The molecule has 0 radical (unpaired) electrons. The van der Waals surface area contributed by atoms with Crippen LogP contribution in [-0.2, 0) is 13.6 Å². The highest BCUT2D eigenvalue weighted by molar-refractivity contribution is 9.10. The van der Waals surface area contributed by atoms with E-state index in [9.17, 15) is 14.9 Å². The van der Waals surface area contributed by atoms with E-state index in [2.05, 4.69) is 36.7 Å². The van der Waals surface area contributed by atoms with Gasteiger partial charge in [-0.05, 0) is 30.7 Å². The van der Waals surface area contributed by atoms with Gasteiger partial charge in [-0.15, -0.1) is 0 Å². The van der Waals surface area contributed by atoms with Crippen molar-refractivity contribution >= 4 is 33.7 Å². The van der Waals surface area contributed by atoms with E-state index in [0.29, 0.717) is 12.2 Å². The Balaban J connectivity index is 1.76. The molecule has 0 saturated heterocycles. The van der Waals surface area contributed by atoms with Gasteiger partial charge in [0.05, 0.1) is 29.1 Å². The van der Waals surface area contributed by atoms with Crippen LogP contribution in [0.5, 0.6) is 0 Å². The lowest BCUT2D eigenvalue weighted by atomic mass is 10.2. The Labute approximate surface area is 168 Å². The number of aryl methyl sites for hydroxylation is 2. The molecule has 0 saturated carbocycles. The fourth-order valence-corrected chi connectivity index (χ4v) is 2.79. The van der Waals surface area contributed by atoms with Gasteiger partial charge in [0, 0.05) is 11.5 Å². The molecule has 2 heterocycles. The fourth-order valence-electron chi connectivity index (χ4n) is 2.53. The van der Waals surface area contributed by atoms with Crippen LogP contribution in [-0.4, -0.2) is 36.6 Å². The minimum Gasteiger partial charge on any atom is -0.267 e. The number of amides is 1. The number of nitro groups is 1. The summed E-state index contributed by atoms with van der Waals surface area (Å²) in [5.74, 6) is -0.767. The zero-order chi connectivity index (χ0) is 20.3. The van der Waals surface area contributed by atoms with Gasteiger partial charge in [0.1, 0.15) is 6.20 Å². The van der Waals surface area contributed by atoms with Gasteiger partial charge in [-0.25, -0.2) is 5.43 Å². The normalized spacial score (nSPS) is 11.1. The van der Waals surface area contributed by atoms with Gasteiger partial charge >= 0.3 is 5.69 Å². The zero-order valence-corrected chi connectivity index (χ0v) is 16.6. The van der Waals surface area contributed by atoms with Crippen molar-refractivity contribution in [2.24, 2.45) is 12.1 Å². The number of rotatable bonds is 6. The van der Waals surface area contributed by atoms with Crippen molar-refractivity contribution in [3.8, 4) is 0 Å². The lowest BCUT2D eigenvalue weighted by molar-refractivity contribution is -0.385. The largest absolute Gasteiger partial charge is 0.320 e. The number of carbonyl (C=O) groups is 1. The minimum atomic E-state index is -0.767.